The monoisotopic (exact) mass is 218 g/mol. The van der Waals surface area contributed by atoms with E-state index in [2.05, 4.69) is 6.92 Å². The zero-order valence-electron chi connectivity index (χ0n) is 9.39. The van der Waals surface area contributed by atoms with E-state index in [-0.39, 0.29) is 19.8 Å². The van der Waals surface area contributed by atoms with Crippen molar-refractivity contribution in [1.82, 2.24) is 0 Å². The Labute approximate surface area is 91.5 Å². The van der Waals surface area contributed by atoms with Crippen LogP contribution in [0.3, 0.4) is 0 Å². The Morgan fingerprint density at radius 1 is 1.20 bits per heavy atom. The van der Waals surface area contributed by atoms with Gasteiger partial charge in [-0.3, -0.25) is 0 Å². The molecule has 4 heteroatoms. The average molecular weight is 218 g/mol. The third-order valence-corrected chi connectivity index (χ3v) is 1.68. The van der Waals surface area contributed by atoms with Gasteiger partial charge in [-0.1, -0.05) is 19.1 Å². The minimum absolute atomic E-state index is 0.119. The van der Waals surface area contributed by atoms with Crippen LogP contribution in [0.4, 0.5) is 0 Å². The molecule has 15 heavy (non-hydrogen) atoms. The SMILES string of the molecule is CC/C=C\COCC(O)COCCCO. The van der Waals surface area contributed by atoms with E-state index in [0.29, 0.717) is 19.6 Å². The van der Waals surface area contributed by atoms with Gasteiger partial charge in [0.15, 0.2) is 0 Å². The van der Waals surface area contributed by atoms with Gasteiger partial charge in [-0.25, -0.2) is 0 Å². The zero-order chi connectivity index (χ0) is 11.4. The highest BCUT2D eigenvalue weighted by molar-refractivity contribution is 4.79. The minimum Gasteiger partial charge on any atom is -0.396 e. The van der Waals surface area contributed by atoms with E-state index in [4.69, 9.17) is 14.6 Å². The summed E-state index contributed by atoms with van der Waals surface area (Å²) in [7, 11) is 0. The molecule has 0 amide bonds. The summed E-state index contributed by atoms with van der Waals surface area (Å²) in [6.07, 6.45) is 4.96. The van der Waals surface area contributed by atoms with Crippen LogP contribution in [0.25, 0.3) is 0 Å². The third kappa shape index (κ3) is 11.5. The van der Waals surface area contributed by atoms with Crippen molar-refractivity contribution >= 4 is 0 Å². The number of hydrogen-bond acceptors (Lipinski definition) is 4. The molecule has 1 unspecified atom stereocenters. The van der Waals surface area contributed by atoms with Gasteiger partial charge in [0, 0.05) is 13.2 Å². The smallest absolute Gasteiger partial charge is 0.101 e. The van der Waals surface area contributed by atoms with Crippen LogP contribution in [0.1, 0.15) is 19.8 Å². The topological polar surface area (TPSA) is 58.9 Å². The van der Waals surface area contributed by atoms with Crippen molar-refractivity contribution < 1.29 is 19.7 Å². The van der Waals surface area contributed by atoms with E-state index in [1.54, 1.807) is 0 Å². The predicted octanol–water partition coefficient (Wildman–Crippen LogP) is 0.729. The molecule has 0 aliphatic carbocycles. The van der Waals surface area contributed by atoms with E-state index < -0.39 is 6.10 Å². The van der Waals surface area contributed by atoms with E-state index in [1.807, 2.05) is 12.2 Å². The van der Waals surface area contributed by atoms with Crippen molar-refractivity contribution in [3.05, 3.63) is 12.2 Å². The maximum Gasteiger partial charge on any atom is 0.101 e. The Kier molecular flexibility index (Phi) is 11.3. The highest BCUT2D eigenvalue weighted by atomic mass is 16.5. The molecular weight excluding hydrogens is 196 g/mol. The Balaban J connectivity index is 3.18. The van der Waals surface area contributed by atoms with Gasteiger partial charge >= 0.3 is 0 Å². The first-order chi connectivity index (χ1) is 7.31. The minimum atomic E-state index is -0.585. The fourth-order valence-electron chi connectivity index (χ4n) is 0.941. The number of allylic oxidation sites excluding steroid dienone is 1. The molecule has 0 spiro atoms. The van der Waals surface area contributed by atoms with Crippen LogP contribution in [0.15, 0.2) is 12.2 Å². The molecule has 90 valence electrons. The Morgan fingerprint density at radius 2 is 1.93 bits per heavy atom. The molecule has 0 aromatic carbocycles. The number of aliphatic hydroxyl groups is 2. The summed E-state index contributed by atoms with van der Waals surface area (Å²) in [6.45, 7) is 3.73. The van der Waals surface area contributed by atoms with Gasteiger partial charge in [-0.05, 0) is 12.8 Å². The lowest BCUT2D eigenvalue weighted by molar-refractivity contribution is -0.0153. The Hall–Kier alpha value is -0.420. The van der Waals surface area contributed by atoms with E-state index in [0.717, 1.165) is 6.42 Å². The van der Waals surface area contributed by atoms with Crippen LogP contribution in [0, 0.1) is 0 Å². The summed E-state index contributed by atoms with van der Waals surface area (Å²) < 4.78 is 10.3. The maximum atomic E-state index is 9.37. The summed E-state index contributed by atoms with van der Waals surface area (Å²) in [6, 6.07) is 0. The molecule has 0 fully saturated rings. The van der Waals surface area contributed by atoms with Crippen LogP contribution < -0.4 is 0 Å². The second-order valence-electron chi connectivity index (χ2n) is 3.22. The number of aliphatic hydroxyl groups excluding tert-OH is 2. The Morgan fingerprint density at radius 3 is 2.60 bits per heavy atom. The predicted molar refractivity (Wildman–Crippen MR) is 58.8 cm³/mol. The largest absolute Gasteiger partial charge is 0.396 e. The van der Waals surface area contributed by atoms with Gasteiger partial charge in [-0.15, -0.1) is 0 Å². The maximum absolute atomic E-state index is 9.37. The second kappa shape index (κ2) is 11.7. The summed E-state index contributed by atoms with van der Waals surface area (Å²) in [5.74, 6) is 0. The summed E-state index contributed by atoms with van der Waals surface area (Å²) >= 11 is 0. The highest BCUT2D eigenvalue weighted by Gasteiger charge is 2.03. The van der Waals surface area contributed by atoms with Crippen LogP contribution in [0.5, 0.6) is 0 Å². The highest BCUT2D eigenvalue weighted by Crippen LogP contribution is 1.90. The van der Waals surface area contributed by atoms with Crippen molar-refractivity contribution in [3.8, 4) is 0 Å². The summed E-state index contributed by atoms with van der Waals surface area (Å²) in [5.41, 5.74) is 0. The van der Waals surface area contributed by atoms with Gasteiger partial charge in [-0.2, -0.15) is 0 Å². The molecule has 0 saturated carbocycles. The molecule has 0 saturated heterocycles. The first-order valence-corrected chi connectivity index (χ1v) is 5.40. The quantitative estimate of drug-likeness (QED) is 0.419. The van der Waals surface area contributed by atoms with Gasteiger partial charge < -0.3 is 19.7 Å². The third-order valence-electron chi connectivity index (χ3n) is 1.68. The molecule has 0 heterocycles. The number of hydrogen-bond donors (Lipinski definition) is 2. The first kappa shape index (κ1) is 14.6. The molecule has 0 aliphatic heterocycles. The molecule has 0 aromatic heterocycles. The molecule has 0 aliphatic rings. The van der Waals surface area contributed by atoms with Crippen molar-refractivity contribution in [3.63, 3.8) is 0 Å². The van der Waals surface area contributed by atoms with E-state index in [1.165, 1.54) is 0 Å². The fraction of sp³-hybridized carbons (Fsp3) is 0.818. The van der Waals surface area contributed by atoms with Crippen molar-refractivity contribution in [1.29, 1.82) is 0 Å². The lowest BCUT2D eigenvalue weighted by Crippen LogP contribution is -2.22. The van der Waals surface area contributed by atoms with Gasteiger partial charge in [0.05, 0.1) is 19.8 Å². The zero-order valence-corrected chi connectivity index (χ0v) is 9.39. The lowest BCUT2D eigenvalue weighted by Gasteiger charge is -2.10. The second-order valence-corrected chi connectivity index (χ2v) is 3.22. The van der Waals surface area contributed by atoms with Crippen LogP contribution in [-0.2, 0) is 9.47 Å². The molecular formula is C11H22O4. The van der Waals surface area contributed by atoms with Crippen molar-refractivity contribution in [2.24, 2.45) is 0 Å². The van der Waals surface area contributed by atoms with Crippen LogP contribution in [-0.4, -0.2) is 49.4 Å². The van der Waals surface area contributed by atoms with Gasteiger partial charge in [0.1, 0.15) is 6.10 Å². The van der Waals surface area contributed by atoms with Gasteiger partial charge in [0.2, 0.25) is 0 Å². The number of rotatable bonds is 10. The molecule has 2 N–H and O–H groups in total. The first-order valence-electron chi connectivity index (χ1n) is 5.40. The summed E-state index contributed by atoms with van der Waals surface area (Å²) in [4.78, 5) is 0. The molecule has 0 bridgehead atoms. The van der Waals surface area contributed by atoms with E-state index >= 15 is 0 Å². The van der Waals surface area contributed by atoms with Crippen molar-refractivity contribution in [2.75, 3.05) is 33.0 Å². The summed E-state index contributed by atoms with van der Waals surface area (Å²) in [5, 5.41) is 17.8. The Bertz CT molecular complexity index is 148. The molecule has 0 radical (unpaired) electrons. The van der Waals surface area contributed by atoms with Crippen LogP contribution >= 0.6 is 0 Å². The molecule has 0 rings (SSSR count). The van der Waals surface area contributed by atoms with Gasteiger partial charge in [0.25, 0.3) is 0 Å². The normalized spacial score (nSPS) is 13.5. The molecule has 0 aromatic rings. The molecule has 4 nitrogen and oxygen atoms in total. The van der Waals surface area contributed by atoms with E-state index in [9.17, 15) is 5.11 Å². The lowest BCUT2D eigenvalue weighted by atomic mass is 10.4. The fourth-order valence-corrected chi connectivity index (χ4v) is 0.941. The number of ether oxygens (including phenoxy) is 2. The van der Waals surface area contributed by atoms with Crippen molar-refractivity contribution in [2.45, 2.75) is 25.9 Å². The standard InChI is InChI=1S/C11H22O4/c1-2-3-4-7-14-9-11(13)10-15-8-5-6-12/h3-4,11-13H,2,5-10H2,1H3/b4-3-. The average Bonchev–Trinajstić information content (AvgIpc) is 2.24. The molecule has 1 atom stereocenters. The van der Waals surface area contributed by atoms with Crippen LogP contribution in [0.2, 0.25) is 0 Å².